The first-order valence-electron chi connectivity index (χ1n) is 40.2. The molecule has 0 rings (SSSR count). The molecule has 0 aromatic carbocycles. The van der Waals surface area contributed by atoms with E-state index in [0.29, 0.717) is 25.7 Å². The fourth-order valence-electron chi connectivity index (χ4n) is 11.6. The molecule has 19 heteroatoms. The van der Waals surface area contributed by atoms with Crippen molar-refractivity contribution in [1.82, 2.24) is 0 Å². The molecule has 0 aromatic heterocycles. The van der Waals surface area contributed by atoms with E-state index in [0.717, 1.165) is 127 Å². The maximum Gasteiger partial charge on any atom is 0.472 e. The van der Waals surface area contributed by atoms with Gasteiger partial charge in [0, 0.05) is 25.7 Å². The Balaban J connectivity index is 5.28. The van der Waals surface area contributed by atoms with Crippen molar-refractivity contribution in [2.75, 3.05) is 39.6 Å². The number of phosphoric ester groups is 2. The number of aliphatic hydroxyl groups is 1. The molecule has 0 fully saturated rings. The third-order valence-electron chi connectivity index (χ3n) is 17.8. The van der Waals surface area contributed by atoms with Gasteiger partial charge in [-0.25, -0.2) is 9.13 Å². The van der Waals surface area contributed by atoms with Crippen molar-refractivity contribution < 1.29 is 80.2 Å². The average molecular weight is 1430 g/mol. The maximum absolute atomic E-state index is 13.1. The zero-order valence-electron chi connectivity index (χ0n) is 63.7. The van der Waals surface area contributed by atoms with E-state index < -0.39 is 97.5 Å². The Morgan fingerprint density at radius 1 is 0.316 bits per heavy atom. The molecule has 578 valence electrons. The van der Waals surface area contributed by atoms with Crippen LogP contribution in [0.1, 0.15) is 382 Å². The number of phosphoric acid groups is 2. The molecule has 0 spiro atoms. The highest BCUT2D eigenvalue weighted by atomic mass is 31.2. The van der Waals surface area contributed by atoms with Gasteiger partial charge in [-0.05, 0) is 69.1 Å². The predicted molar refractivity (Wildman–Crippen MR) is 400 cm³/mol. The summed E-state index contributed by atoms with van der Waals surface area (Å²) >= 11 is 0. The summed E-state index contributed by atoms with van der Waals surface area (Å²) in [6, 6.07) is 0. The van der Waals surface area contributed by atoms with Crippen molar-refractivity contribution in [2.45, 2.75) is 401 Å². The van der Waals surface area contributed by atoms with Crippen LogP contribution in [0.2, 0.25) is 0 Å². The standard InChI is InChI=1S/C79H150O17P2/c1-8-9-10-11-12-13-14-15-18-22-25-32-39-46-53-60-76(81)89-66-74(95-78(83)62-55-48-41-33-26-23-20-17-16-19-21-24-29-36-43-50-57-70(2)3)68-93-97(85,86)91-64-73(80)65-92-98(87,88)94-69-75(96-79(84)63-56-49-42-35-28-31-38-45-52-59-72(6)7)67-90-77(82)61-54-47-40-34-27-30-37-44-51-58-71(4)5/h13-15,18,70-75,80H,8-12,16-17,19-69H2,1-7H3,(H,85,86)(H,87,88)/b14-13-,18-15-/t73-,74-,75-/m1/s1. The van der Waals surface area contributed by atoms with Gasteiger partial charge in [-0.3, -0.25) is 37.3 Å². The van der Waals surface area contributed by atoms with Gasteiger partial charge in [0.1, 0.15) is 19.3 Å². The summed E-state index contributed by atoms with van der Waals surface area (Å²) in [5, 5.41) is 10.6. The highest BCUT2D eigenvalue weighted by Gasteiger charge is 2.30. The average Bonchev–Trinajstić information content (AvgIpc) is 1.03. The van der Waals surface area contributed by atoms with Crippen LogP contribution in [0.15, 0.2) is 24.3 Å². The summed E-state index contributed by atoms with van der Waals surface area (Å²) in [6.07, 6.45) is 59.1. The van der Waals surface area contributed by atoms with Crippen LogP contribution < -0.4 is 0 Å². The number of aliphatic hydroxyl groups excluding tert-OH is 1. The number of carbonyl (C=O) groups is 4. The first kappa shape index (κ1) is 95.5. The second kappa shape index (κ2) is 68.9. The Bertz CT molecular complexity index is 2000. The second-order valence-electron chi connectivity index (χ2n) is 29.2. The lowest BCUT2D eigenvalue weighted by Crippen LogP contribution is -2.30. The Morgan fingerprint density at radius 3 is 0.827 bits per heavy atom. The molecule has 0 aliphatic heterocycles. The van der Waals surface area contributed by atoms with Crippen LogP contribution in [-0.2, 0) is 65.4 Å². The van der Waals surface area contributed by atoms with Crippen molar-refractivity contribution in [3.05, 3.63) is 24.3 Å². The fourth-order valence-corrected chi connectivity index (χ4v) is 13.2. The topological polar surface area (TPSA) is 237 Å². The summed E-state index contributed by atoms with van der Waals surface area (Å²) < 4.78 is 68.6. The van der Waals surface area contributed by atoms with Gasteiger partial charge < -0.3 is 33.8 Å². The molecule has 0 radical (unpaired) electrons. The summed E-state index contributed by atoms with van der Waals surface area (Å²) in [5.74, 6) is 0.140. The minimum Gasteiger partial charge on any atom is -0.462 e. The molecule has 0 bridgehead atoms. The highest BCUT2D eigenvalue weighted by Crippen LogP contribution is 2.45. The lowest BCUT2D eigenvalue weighted by Gasteiger charge is -2.21. The second-order valence-corrected chi connectivity index (χ2v) is 32.1. The third kappa shape index (κ3) is 71.9. The Hall–Kier alpha value is -2.46. The SMILES string of the molecule is CCCCCC/C=C\C=C/CCCCCCCC(=O)OC[C@H](COP(=O)(O)OC[C@@H](O)COP(=O)(O)OC[C@@H](COC(=O)CCCCCCCCCCCC(C)C)OC(=O)CCCCCCCCCCCC(C)C)OC(=O)CCCCCCCCCCCCCCCCCCC(C)C. The zero-order chi connectivity index (χ0) is 72.3. The number of rotatable bonds is 75. The number of allylic oxidation sites excluding steroid dienone is 4. The van der Waals surface area contributed by atoms with Crippen LogP contribution in [-0.4, -0.2) is 96.7 Å². The molecule has 2 unspecified atom stereocenters. The highest BCUT2D eigenvalue weighted by molar-refractivity contribution is 7.47. The lowest BCUT2D eigenvalue weighted by atomic mass is 10.0. The largest absolute Gasteiger partial charge is 0.472 e. The summed E-state index contributed by atoms with van der Waals surface area (Å²) in [6.45, 7) is 11.8. The van der Waals surface area contributed by atoms with Crippen LogP contribution >= 0.6 is 15.6 Å². The van der Waals surface area contributed by atoms with E-state index in [4.69, 9.17) is 37.0 Å². The van der Waals surface area contributed by atoms with E-state index in [9.17, 15) is 43.2 Å². The molecule has 0 aliphatic rings. The molecule has 0 saturated carbocycles. The molecule has 17 nitrogen and oxygen atoms in total. The number of unbranched alkanes of at least 4 members (excludes halogenated alkanes) is 40. The smallest absolute Gasteiger partial charge is 0.462 e. The van der Waals surface area contributed by atoms with Crippen molar-refractivity contribution in [1.29, 1.82) is 0 Å². The van der Waals surface area contributed by atoms with Gasteiger partial charge in [0.2, 0.25) is 0 Å². The minimum atomic E-state index is -4.97. The number of hydrogen-bond donors (Lipinski definition) is 3. The van der Waals surface area contributed by atoms with E-state index in [1.807, 2.05) is 0 Å². The molecular weight excluding hydrogens is 1280 g/mol. The van der Waals surface area contributed by atoms with Crippen molar-refractivity contribution in [3.63, 3.8) is 0 Å². The van der Waals surface area contributed by atoms with Gasteiger partial charge in [0.05, 0.1) is 26.4 Å². The molecule has 5 atom stereocenters. The van der Waals surface area contributed by atoms with Crippen molar-refractivity contribution >= 4 is 39.5 Å². The molecule has 0 aromatic rings. The minimum absolute atomic E-state index is 0.101. The predicted octanol–water partition coefficient (Wildman–Crippen LogP) is 22.9. The normalized spacial score (nSPS) is 14.2. The molecule has 3 N–H and O–H groups in total. The molecule has 0 heterocycles. The Labute approximate surface area is 599 Å². The van der Waals surface area contributed by atoms with Gasteiger partial charge in [-0.15, -0.1) is 0 Å². The van der Waals surface area contributed by atoms with Gasteiger partial charge in [0.15, 0.2) is 12.2 Å². The van der Waals surface area contributed by atoms with Gasteiger partial charge in [-0.2, -0.15) is 0 Å². The van der Waals surface area contributed by atoms with E-state index in [1.165, 1.54) is 173 Å². The first-order valence-corrected chi connectivity index (χ1v) is 43.2. The van der Waals surface area contributed by atoms with Crippen LogP contribution in [0.5, 0.6) is 0 Å². The monoisotopic (exact) mass is 1430 g/mol. The summed E-state index contributed by atoms with van der Waals surface area (Å²) in [5.41, 5.74) is 0. The number of carbonyl (C=O) groups excluding carboxylic acids is 4. The van der Waals surface area contributed by atoms with Gasteiger partial charge >= 0.3 is 39.5 Å². The van der Waals surface area contributed by atoms with Crippen LogP contribution in [0.4, 0.5) is 0 Å². The van der Waals surface area contributed by atoms with E-state index >= 15 is 0 Å². The summed E-state index contributed by atoms with van der Waals surface area (Å²) in [7, 11) is -9.93. The Morgan fingerprint density at radius 2 is 0.551 bits per heavy atom. The van der Waals surface area contributed by atoms with Gasteiger partial charge in [-0.1, -0.05) is 330 Å². The molecule has 0 amide bonds. The zero-order valence-corrected chi connectivity index (χ0v) is 65.5. The fraction of sp³-hybridized carbons (Fsp3) is 0.899. The lowest BCUT2D eigenvalue weighted by molar-refractivity contribution is -0.161. The van der Waals surface area contributed by atoms with Crippen LogP contribution in [0, 0.1) is 17.8 Å². The number of esters is 4. The quantitative estimate of drug-likeness (QED) is 0.0169. The maximum atomic E-state index is 13.1. The van der Waals surface area contributed by atoms with Crippen LogP contribution in [0.3, 0.4) is 0 Å². The number of hydrogen-bond acceptors (Lipinski definition) is 15. The first-order chi connectivity index (χ1) is 47.2. The van der Waals surface area contributed by atoms with Crippen LogP contribution in [0.25, 0.3) is 0 Å². The Kier molecular flexibility index (Phi) is 67.2. The summed E-state index contributed by atoms with van der Waals surface area (Å²) in [4.78, 5) is 72.9. The molecule has 0 aliphatic carbocycles. The van der Waals surface area contributed by atoms with Gasteiger partial charge in [0.25, 0.3) is 0 Å². The van der Waals surface area contributed by atoms with E-state index in [2.05, 4.69) is 72.8 Å². The van der Waals surface area contributed by atoms with E-state index in [-0.39, 0.29) is 25.7 Å². The van der Waals surface area contributed by atoms with Crippen molar-refractivity contribution in [2.24, 2.45) is 17.8 Å². The molecule has 98 heavy (non-hydrogen) atoms. The molecular formula is C79H150O17P2. The van der Waals surface area contributed by atoms with E-state index in [1.54, 1.807) is 0 Å². The van der Waals surface area contributed by atoms with Crippen molar-refractivity contribution in [3.8, 4) is 0 Å². The molecule has 0 saturated heterocycles. The third-order valence-corrected chi connectivity index (χ3v) is 19.7. The number of ether oxygens (including phenoxy) is 4.